The van der Waals surface area contributed by atoms with Gasteiger partial charge in [0.05, 0.1) is 11.2 Å². The van der Waals surface area contributed by atoms with Gasteiger partial charge in [0.15, 0.2) is 0 Å². The summed E-state index contributed by atoms with van der Waals surface area (Å²) in [6.07, 6.45) is 0. The Labute approximate surface area is 288 Å². The van der Waals surface area contributed by atoms with Crippen LogP contribution in [0.2, 0.25) is 0 Å². The lowest BCUT2D eigenvalue weighted by Crippen LogP contribution is -2.41. The molecule has 0 aromatic heterocycles. The van der Waals surface area contributed by atoms with Gasteiger partial charge in [-0.15, -0.1) is 0 Å². The van der Waals surface area contributed by atoms with Gasteiger partial charge in [0, 0.05) is 0 Å². The van der Waals surface area contributed by atoms with Crippen molar-refractivity contribution in [3.8, 4) is 33.4 Å². The highest BCUT2D eigenvalue weighted by Gasteiger charge is 2.52. The van der Waals surface area contributed by atoms with Crippen LogP contribution in [-0.2, 0) is 9.31 Å². The predicted molar refractivity (Wildman–Crippen MR) is 208 cm³/mol. The third-order valence-electron chi connectivity index (χ3n) is 11.0. The Kier molecular flexibility index (Phi) is 6.81. The highest BCUT2D eigenvalue weighted by atomic mass is 16.7. The molecule has 236 valence electrons. The molecule has 9 rings (SSSR count). The molecule has 3 heteroatoms. The molecule has 2 nitrogen and oxygen atoms in total. The second kappa shape index (κ2) is 11.2. The fraction of sp³-hybridized carbons (Fsp3) is 0.130. The van der Waals surface area contributed by atoms with Crippen molar-refractivity contribution >= 4 is 55.7 Å². The summed E-state index contributed by atoms with van der Waals surface area (Å²) < 4.78 is 13.0. The van der Waals surface area contributed by atoms with E-state index in [2.05, 4.69) is 179 Å². The lowest BCUT2D eigenvalue weighted by molar-refractivity contribution is 0.00578. The SMILES string of the molecule is CC1(C)OB(c2cccc3c(-c4cccc5c(-c6ccc(-c7cccc8ccccc78)c7ccccc67)cccc45)cccc23)OC1(C)C. The molecule has 0 bridgehead atoms. The lowest BCUT2D eigenvalue weighted by Gasteiger charge is -2.32. The summed E-state index contributed by atoms with van der Waals surface area (Å²) in [6.45, 7) is 8.44. The van der Waals surface area contributed by atoms with Crippen LogP contribution >= 0.6 is 0 Å². The Hall–Kier alpha value is -5.22. The standard InChI is InChI=1S/C46H37BO2/c1-45(2)46(3,4)49-47(48-45)44-27-13-25-40-38(24-12-26-43(40)44)36-21-10-22-37-35(36)20-11-23-39(37)42-29-28-41(33-17-7-8-18-34(33)42)32-19-9-15-30-14-5-6-16-31(30)32/h5-29H,1-4H3. The molecule has 0 spiro atoms. The van der Waals surface area contributed by atoms with Gasteiger partial charge in [-0.25, -0.2) is 0 Å². The predicted octanol–water partition coefficient (Wildman–Crippen LogP) is 11.6. The van der Waals surface area contributed by atoms with E-state index in [9.17, 15) is 0 Å². The van der Waals surface area contributed by atoms with Crippen molar-refractivity contribution in [3.05, 3.63) is 152 Å². The van der Waals surface area contributed by atoms with E-state index in [4.69, 9.17) is 9.31 Å². The Bertz CT molecular complexity index is 2560. The van der Waals surface area contributed by atoms with E-state index in [0.717, 1.165) is 10.8 Å². The number of hydrogen-bond donors (Lipinski definition) is 0. The van der Waals surface area contributed by atoms with Crippen LogP contribution in [-0.4, -0.2) is 18.3 Å². The van der Waals surface area contributed by atoms with Gasteiger partial charge in [0.1, 0.15) is 0 Å². The summed E-state index contributed by atoms with van der Waals surface area (Å²) >= 11 is 0. The van der Waals surface area contributed by atoms with Crippen molar-refractivity contribution < 1.29 is 9.31 Å². The van der Waals surface area contributed by atoms with Crippen LogP contribution in [0.1, 0.15) is 27.7 Å². The Morgan fingerprint density at radius 1 is 0.327 bits per heavy atom. The monoisotopic (exact) mass is 632 g/mol. The average Bonchev–Trinajstić information content (AvgIpc) is 3.35. The second-order valence-electron chi connectivity index (χ2n) is 14.3. The minimum Gasteiger partial charge on any atom is -0.399 e. The molecule has 0 N–H and O–H groups in total. The largest absolute Gasteiger partial charge is 0.495 e. The van der Waals surface area contributed by atoms with Gasteiger partial charge < -0.3 is 9.31 Å². The van der Waals surface area contributed by atoms with Crippen LogP contribution in [0, 0.1) is 0 Å². The Morgan fingerprint density at radius 2 is 0.653 bits per heavy atom. The van der Waals surface area contributed by atoms with Crippen molar-refractivity contribution in [2.45, 2.75) is 38.9 Å². The number of hydrogen-bond acceptors (Lipinski definition) is 2. The summed E-state index contributed by atoms with van der Waals surface area (Å²) in [4.78, 5) is 0. The molecule has 0 radical (unpaired) electrons. The van der Waals surface area contributed by atoms with E-state index in [1.165, 1.54) is 71.1 Å². The molecule has 0 saturated carbocycles. The minimum atomic E-state index is -0.423. The van der Waals surface area contributed by atoms with Crippen LogP contribution in [0.15, 0.2) is 152 Å². The van der Waals surface area contributed by atoms with E-state index in [-0.39, 0.29) is 0 Å². The summed E-state index contributed by atoms with van der Waals surface area (Å²) in [5, 5.41) is 9.86. The quantitative estimate of drug-likeness (QED) is 0.180. The maximum atomic E-state index is 6.51. The fourth-order valence-corrected chi connectivity index (χ4v) is 7.75. The molecule has 1 heterocycles. The van der Waals surface area contributed by atoms with Crippen molar-refractivity contribution in [2.75, 3.05) is 0 Å². The lowest BCUT2D eigenvalue weighted by atomic mass is 9.75. The van der Waals surface area contributed by atoms with Gasteiger partial charge >= 0.3 is 7.12 Å². The molecule has 1 aliphatic heterocycles. The number of rotatable bonds is 4. The van der Waals surface area contributed by atoms with Crippen molar-refractivity contribution in [3.63, 3.8) is 0 Å². The van der Waals surface area contributed by atoms with Crippen LogP contribution in [0.5, 0.6) is 0 Å². The van der Waals surface area contributed by atoms with Gasteiger partial charge in [0.25, 0.3) is 0 Å². The topological polar surface area (TPSA) is 18.5 Å². The van der Waals surface area contributed by atoms with Gasteiger partial charge in [-0.2, -0.15) is 0 Å². The molecular weight excluding hydrogens is 595 g/mol. The first kappa shape index (κ1) is 29.9. The molecule has 0 amide bonds. The van der Waals surface area contributed by atoms with Crippen LogP contribution in [0.4, 0.5) is 0 Å². The molecule has 0 atom stereocenters. The van der Waals surface area contributed by atoms with Crippen molar-refractivity contribution in [1.82, 2.24) is 0 Å². The second-order valence-corrected chi connectivity index (χ2v) is 14.3. The molecular formula is C46H37BO2. The molecule has 8 aromatic carbocycles. The number of fused-ring (bicyclic) bond motifs is 4. The molecule has 49 heavy (non-hydrogen) atoms. The van der Waals surface area contributed by atoms with Crippen LogP contribution < -0.4 is 5.46 Å². The van der Waals surface area contributed by atoms with Crippen LogP contribution in [0.3, 0.4) is 0 Å². The summed E-state index contributed by atoms with van der Waals surface area (Å²) in [5.41, 5.74) is 7.67. The summed E-state index contributed by atoms with van der Waals surface area (Å²) in [7, 11) is -0.423. The molecule has 1 aliphatic rings. The third-order valence-corrected chi connectivity index (χ3v) is 11.0. The maximum absolute atomic E-state index is 6.51. The van der Waals surface area contributed by atoms with E-state index in [0.29, 0.717) is 0 Å². The van der Waals surface area contributed by atoms with E-state index < -0.39 is 18.3 Å². The van der Waals surface area contributed by atoms with Crippen molar-refractivity contribution in [1.29, 1.82) is 0 Å². The van der Waals surface area contributed by atoms with Gasteiger partial charge in [0.2, 0.25) is 0 Å². The van der Waals surface area contributed by atoms with Crippen LogP contribution in [0.25, 0.3) is 76.5 Å². The first-order chi connectivity index (χ1) is 23.8. The average molecular weight is 633 g/mol. The molecule has 0 aliphatic carbocycles. The Balaban J connectivity index is 1.20. The zero-order valence-corrected chi connectivity index (χ0v) is 28.3. The van der Waals surface area contributed by atoms with Gasteiger partial charge in [-0.1, -0.05) is 152 Å². The molecule has 0 unspecified atom stereocenters. The van der Waals surface area contributed by atoms with E-state index in [1.54, 1.807) is 0 Å². The van der Waals surface area contributed by atoms with E-state index in [1.807, 2.05) is 0 Å². The Morgan fingerprint density at radius 3 is 1.18 bits per heavy atom. The first-order valence-corrected chi connectivity index (χ1v) is 17.2. The maximum Gasteiger partial charge on any atom is 0.495 e. The van der Waals surface area contributed by atoms with Gasteiger partial charge in [-0.3, -0.25) is 0 Å². The fourth-order valence-electron chi connectivity index (χ4n) is 7.75. The van der Waals surface area contributed by atoms with E-state index >= 15 is 0 Å². The zero-order valence-electron chi connectivity index (χ0n) is 28.3. The zero-order chi connectivity index (χ0) is 33.3. The third kappa shape index (κ3) is 4.72. The normalized spacial score (nSPS) is 15.5. The molecule has 1 saturated heterocycles. The minimum absolute atomic E-state index is 0.402. The smallest absolute Gasteiger partial charge is 0.399 e. The summed E-state index contributed by atoms with van der Waals surface area (Å²) in [6, 6.07) is 55.3. The highest BCUT2D eigenvalue weighted by Crippen LogP contribution is 2.43. The summed E-state index contributed by atoms with van der Waals surface area (Å²) in [5.74, 6) is 0. The molecule has 8 aromatic rings. The molecule has 1 fully saturated rings. The van der Waals surface area contributed by atoms with Crippen molar-refractivity contribution in [2.24, 2.45) is 0 Å². The number of benzene rings is 8. The highest BCUT2D eigenvalue weighted by molar-refractivity contribution is 6.65. The first-order valence-electron chi connectivity index (χ1n) is 17.2. The van der Waals surface area contributed by atoms with Gasteiger partial charge in [-0.05, 0) is 110 Å².